The zero-order valence-corrected chi connectivity index (χ0v) is 29.9. The van der Waals surface area contributed by atoms with Gasteiger partial charge in [-0.25, -0.2) is 9.59 Å². The number of nitrogens with one attached hydrogen (secondary N) is 2. The highest BCUT2D eigenvalue weighted by atomic mass is 16.6. The Morgan fingerprint density at radius 2 is 1.22 bits per heavy atom. The molecule has 0 saturated carbocycles. The van der Waals surface area contributed by atoms with E-state index in [-0.39, 0.29) is 18.6 Å². The summed E-state index contributed by atoms with van der Waals surface area (Å²) in [7, 11) is 0. The first-order chi connectivity index (χ1) is 23.0. The van der Waals surface area contributed by atoms with E-state index >= 15 is 0 Å². The lowest BCUT2D eigenvalue weighted by molar-refractivity contribution is -0.159. The van der Waals surface area contributed by atoms with Gasteiger partial charge in [-0.3, -0.25) is 9.59 Å². The molecule has 10 nitrogen and oxygen atoms in total. The molecule has 0 spiro atoms. The lowest BCUT2D eigenvalue weighted by atomic mass is 9.97. The maximum Gasteiger partial charge on any atom is 0.408 e. The summed E-state index contributed by atoms with van der Waals surface area (Å²) in [5, 5.41) is 15.5. The van der Waals surface area contributed by atoms with Gasteiger partial charge in [0.1, 0.15) is 35.1 Å². The summed E-state index contributed by atoms with van der Waals surface area (Å²) >= 11 is 0. The second kappa shape index (κ2) is 17.0. The van der Waals surface area contributed by atoms with Gasteiger partial charge in [-0.2, -0.15) is 0 Å². The quantitative estimate of drug-likeness (QED) is 0.182. The fourth-order valence-corrected chi connectivity index (χ4v) is 5.23. The van der Waals surface area contributed by atoms with Crippen LogP contribution in [-0.2, 0) is 36.7 Å². The Bertz CT molecular complexity index is 1530. The minimum Gasteiger partial charge on any atom is -0.508 e. The minimum absolute atomic E-state index is 0.0585. The van der Waals surface area contributed by atoms with Gasteiger partial charge in [0.15, 0.2) is 0 Å². The number of ether oxygens (including phenoxy) is 2. The van der Waals surface area contributed by atoms with Crippen LogP contribution >= 0.6 is 0 Å². The van der Waals surface area contributed by atoms with E-state index in [4.69, 9.17) is 9.47 Å². The zero-order chi connectivity index (χ0) is 36.4. The summed E-state index contributed by atoms with van der Waals surface area (Å²) in [5.41, 5.74) is 0.388. The Labute approximate surface area is 290 Å². The van der Waals surface area contributed by atoms with E-state index in [2.05, 4.69) is 10.6 Å². The molecule has 3 aromatic carbocycles. The number of carbonyl (C=O) groups excluding carboxylic acids is 4. The molecule has 3 aromatic rings. The Kier molecular flexibility index (Phi) is 13.4. The van der Waals surface area contributed by atoms with Gasteiger partial charge in [-0.15, -0.1) is 0 Å². The third-order valence-corrected chi connectivity index (χ3v) is 7.62. The molecule has 4 unspecified atom stereocenters. The van der Waals surface area contributed by atoms with Crippen molar-refractivity contribution in [3.63, 3.8) is 0 Å². The number of hydrogen-bond acceptors (Lipinski definition) is 7. The predicted molar refractivity (Wildman–Crippen MR) is 189 cm³/mol. The predicted octanol–water partition coefficient (Wildman–Crippen LogP) is 6.27. The third-order valence-electron chi connectivity index (χ3n) is 7.62. The van der Waals surface area contributed by atoms with Gasteiger partial charge in [0, 0.05) is 18.9 Å². The van der Waals surface area contributed by atoms with Crippen molar-refractivity contribution < 1.29 is 33.8 Å². The van der Waals surface area contributed by atoms with Gasteiger partial charge < -0.3 is 30.1 Å². The van der Waals surface area contributed by atoms with Crippen LogP contribution in [0.3, 0.4) is 0 Å². The number of benzene rings is 3. The number of esters is 1. The molecule has 10 heteroatoms. The summed E-state index contributed by atoms with van der Waals surface area (Å²) in [5.74, 6) is -1.64. The Balaban J connectivity index is 2.09. The molecule has 0 heterocycles. The van der Waals surface area contributed by atoms with E-state index in [9.17, 15) is 24.3 Å². The maximum atomic E-state index is 14.8. The first-order valence-corrected chi connectivity index (χ1v) is 16.7. The van der Waals surface area contributed by atoms with Crippen LogP contribution in [-0.4, -0.2) is 63.2 Å². The first-order valence-electron chi connectivity index (χ1n) is 16.7. The number of phenolic OH excluding ortho intramolecular Hbond substituents is 1. The van der Waals surface area contributed by atoms with Gasteiger partial charge in [0.2, 0.25) is 11.8 Å². The van der Waals surface area contributed by atoms with Crippen LogP contribution in [0, 0.1) is 0 Å². The van der Waals surface area contributed by atoms with Gasteiger partial charge in [0.25, 0.3) is 0 Å². The third kappa shape index (κ3) is 12.3. The summed E-state index contributed by atoms with van der Waals surface area (Å²) in [6.45, 7) is 14.2. The molecule has 4 atom stereocenters. The van der Waals surface area contributed by atoms with Crippen LogP contribution in [0.5, 0.6) is 5.75 Å². The monoisotopic (exact) mass is 673 g/mol. The van der Waals surface area contributed by atoms with E-state index in [1.165, 1.54) is 17.0 Å². The standard InChI is InChI=1S/C39H51N3O7/c1-9-26(2)42(35(45)31(41-37(47)49-39(6,7)8)24-28-20-22-30(43)23-21-28)33(29-18-14-11-15-19-29)34(44)40-32(36(46)48-38(3,4)5)25-27-16-12-10-13-17-27/h10-23,26,31-33,43H,9,24-25H2,1-8H3,(H,40,44)(H,41,47). The minimum atomic E-state index is -1.17. The normalized spacial score (nSPS) is 14.0. The average Bonchev–Trinajstić information content (AvgIpc) is 3.02. The van der Waals surface area contributed by atoms with Gasteiger partial charge in [0.05, 0.1) is 0 Å². The van der Waals surface area contributed by atoms with Crippen LogP contribution in [0.25, 0.3) is 0 Å². The van der Waals surface area contributed by atoms with Crippen LogP contribution in [0.15, 0.2) is 84.9 Å². The number of alkyl carbamates (subject to hydrolysis) is 1. The second-order valence-electron chi connectivity index (χ2n) is 14.2. The summed E-state index contributed by atoms with van der Waals surface area (Å²) in [4.78, 5) is 57.4. The van der Waals surface area contributed by atoms with E-state index in [0.717, 1.165) is 5.56 Å². The Morgan fingerprint density at radius 1 is 0.714 bits per heavy atom. The summed E-state index contributed by atoms with van der Waals surface area (Å²) < 4.78 is 11.2. The SMILES string of the molecule is CCC(C)N(C(=O)C(Cc1ccc(O)cc1)NC(=O)OC(C)(C)C)C(C(=O)NC(Cc1ccccc1)C(=O)OC(C)(C)C)c1ccccc1. The van der Waals surface area contributed by atoms with Crippen molar-refractivity contribution >= 4 is 23.9 Å². The largest absolute Gasteiger partial charge is 0.508 e. The van der Waals surface area contributed by atoms with Crippen molar-refractivity contribution in [1.29, 1.82) is 0 Å². The molecule has 49 heavy (non-hydrogen) atoms. The van der Waals surface area contributed by atoms with Crippen molar-refractivity contribution in [2.75, 3.05) is 0 Å². The zero-order valence-electron chi connectivity index (χ0n) is 29.9. The van der Waals surface area contributed by atoms with E-state index in [1.54, 1.807) is 77.9 Å². The van der Waals surface area contributed by atoms with E-state index < -0.39 is 59.2 Å². The highest BCUT2D eigenvalue weighted by Crippen LogP contribution is 2.28. The molecule has 0 radical (unpaired) electrons. The van der Waals surface area contributed by atoms with E-state index in [1.807, 2.05) is 50.2 Å². The molecule has 3 amide bonds. The highest BCUT2D eigenvalue weighted by molar-refractivity contribution is 5.94. The highest BCUT2D eigenvalue weighted by Gasteiger charge is 2.40. The fraction of sp³-hybridized carbons (Fsp3) is 0.436. The molecule has 0 aliphatic rings. The first kappa shape index (κ1) is 38.6. The average molecular weight is 674 g/mol. The number of nitrogens with zero attached hydrogens (tertiary/aromatic N) is 1. The van der Waals surface area contributed by atoms with Crippen LogP contribution < -0.4 is 10.6 Å². The van der Waals surface area contributed by atoms with Crippen molar-refractivity contribution in [2.45, 2.75) is 110 Å². The van der Waals surface area contributed by atoms with Crippen LogP contribution in [0.4, 0.5) is 4.79 Å². The number of amides is 3. The maximum absolute atomic E-state index is 14.8. The molecule has 0 fully saturated rings. The number of rotatable bonds is 13. The van der Waals surface area contributed by atoms with Gasteiger partial charge >= 0.3 is 12.1 Å². The van der Waals surface area contributed by atoms with E-state index in [0.29, 0.717) is 17.5 Å². The molecule has 0 aliphatic carbocycles. The summed E-state index contributed by atoms with van der Waals surface area (Å²) in [6.07, 6.45) is -0.0741. The molecule has 0 bridgehead atoms. The molecule has 3 rings (SSSR count). The molecule has 0 aliphatic heterocycles. The van der Waals surface area contributed by atoms with Crippen molar-refractivity contribution in [1.82, 2.24) is 15.5 Å². The summed E-state index contributed by atoms with van der Waals surface area (Å²) in [6, 6.07) is 20.7. The molecule has 0 saturated heterocycles. The molecule has 3 N–H and O–H groups in total. The van der Waals surface area contributed by atoms with Gasteiger partial charge in [-0.05, 0) is 83.7 Å². The molecule has 0 aromatic heterocycles. The van der Waals surface area contributed by atoms with Gasteiger partial charge in [-0.1, -0.05) is 79.7 Å². The lowest BCUT2D eigenvalue weighted by Gasteiger charge is -2.39. The molecular formula is C39H51N3O7. The fourth-order valence-electron chi connectivity index (χ4n) is 5.23. The van der Waals surface area contributed by atoms with Crippen molar-refractivity contribution in [3.8, 4) is 5.75 Å². The topological polar surface area (TPSA) is 134 Å². The lowest BCUT2D eigenvalue weighted by Crippen LogP contribution is -2.57. The Morgan fingerprint density at radius 3 is 1.76 bits per heavy atom. The molecular weight excluding hydrogens is 622 g/mol. The van der Waals surface area contributed by atoms with Crippen molar-refractivity contribution in [3.05, 3.63) is 102 Å². The number of phenols is 1. The van der Waals surface area contributed by atoms with Crippen molar-refractivity contribution in [2.24, 2.45) is 0 Å². The smallest absolute Gasteiger partial charge is 0.408 e. The number of carbonyl (C=O) groups is 4. The molecule has 264 valence electrons. The number of aromatic hydroxyl groups is 1. The van der Waals surface area contributed by atoms with Crippen LogP contribution in [0.2, 0.25) is 0 Å². The number of hydrogen-bond donors (Lipinski definition) is 3. The Hall–Kier alpha value is -4.86. The van der Waals surface area contributed by atoms with Crippen LogP contribution in [0.1, 0.15) is 84.5 Å². The second-order valence-corrected chi connectivity index (χ2v) is 14.2.